The van der Waals surface area contributed by atoms with Gasteiger partial charge in [-0.3, -0.25) is 0 Å². The quantitative estimate of drug-likeness (QED) is 0.717. The Balaban J connectivity index is 1.83. The van der Waals surface area contributed by atoms with Gasteiger partial charge in [0.15, 0.2) is 0 Å². The third-order valence-corrected chi connectivity index (χ3v) is 3.76. The van der Waals surface area contributed by atoms with Gasteiger partial charge in [0.05, 0.1) is 11.1 Å². The summed E-state index contributed by atoms with van der Waals surface area (Å²) < 4.78 is 0. The molecule has 8 heteroatoms. The van der Waals surface area contributed by atoms with Gasteiger partial charge in [0.2, 0.25) is 0 Å². The molecule has 2 rings (SSSR count). The van der Waals surface area contributed by atoms with Crippen LogP contribution in [0, 0.1) is 0 Å². The van der Waals surface area contributed by atoms with Crippen molar-refractivity contribution in [1.29, 1.82) is 0 Å². The first-order valence-electron chi connectivity index (χ1n) is 5.91. The molecule has 7 nitrogen and oxygen atoms in total. The number of carbonyl (C=O) groups is 2. The van der Waals surface area contributed by atoms with Gasteiger partial charge in [-0.2, -0.15) is 0 Å². The van der Waals surface area contributed by atoms with Crippen molar-refractivity contribution in [1.82, 2.24) is 15.2 Å². The molecule has 2 unspecified atom stereocenters. The highest BCUT2D eigenvalue weighted by Crippen LogP contribution is 2.18. The maximum atomic E-state index is 11.9. The van der Waals surface area contributed by atoms with E-state index in [4.69, 9.17) is 5.11 Å². The monoisotopic (exact) mass is 285 g/mol. The molecular weight excluding hydrogens is 270 g/mol. The average molecular weight is 285 g/mol. The first-order valence-corrected chi connectivity index (χ1v) is 6.79. The van der Waals surface area contributed by atoms with Crippen LogP contribution in [0.4, 0.5) is 4.79 Å². The van der Waals surface area contributed by atoms with Gasteiger partial charge in [-0.15, -0.1) is 11.3 Å². The number of aliphatic hydroxyl groups excluding tert-OH is 1. The summed E-state index contributed by atoms with van der Waals surface area (Å²) in [4.78, 5) is 28.1. The number of aliphatic hydroxyl groups is 1. The van der Waals surface area contributed by atoms with Crippen LogP contribution in [0.5, 0.6) is 0 Å². The van der Waals surface area contributed by atoms with Crippen LogP contribution in [-0.2, 0) is 11.2 Å². The highest BCUT2D eigenvalue weighted by Gasteiger charge is 2.38. The molecule has 2 atom stereocenters. The normalized spacial score (nSPS) is 22.5. The van der Waals surface area contributed by atoms with E-state index in [1.54, 1.807) is 6.20 Å². The highest BCUT2D eigenvalue weighted by atomic mass is 32.1. The largest absolute Gasteiger partial charge is 0.480 e. The Hall–Kier alpha value is -1.67. The van der Waals surface area contributed by atoms with Crippen molar-refractivity contribution >= 4 is 23.3 Å². The Bertz CT molecular complexity index is 451. The predicted molar refractivity (Wildman–Crippen MR) is 68.0 cm³/mol. The van der Waals surface area contributed by atoms with Gasteiger partial charge in [0.1, 0.15) is 6.04 Å². The second kappa shape index (κ2) is 5.98. The van der Waals surface area contributed by atoms with Crippen LogP contribution in [0.15, 0.2) is 11.6 Å². The number of aliphatic carboxylic acids is 1. The maximum Gasteiger partial charge on any atom is 0.326 e. The van der Waals surface area contributed by atoms with Crippen LogP contribution >= 0.6 is 11.3 Å². The summed E-state index contributed by atoms with van der Waals surface area (Å²) in [5.41, 5.74) is 0. The fraction of sp³-hybridized carbons (Fsp3) is 0.545. The zero-order valence-corrected chi connectivity index (χ0v) is 11.0. The number of β-amino-alcohol motifs (C(OH)–C–C–N with tert-alkyl or cyclic N) is 1. The topological polar surface area (TPSA) is 103 Å². The minimum absolute atomic E-state index is 0.0556. The molecule has 0 bridgehead atoms. The number of urea groups is 1. The average Bonchev–Trinajstić information content (AvgIpc) is 2.98. The van der Waals surface area contributed by atoms with Crippen LogP contribution in [0.2, 0.25) is 0 Å². The molecule has 0 spiro atoms. The van der Waals surface area contributed by atoms with Crippen molar-refractivity contribution in [2.24, 2.45) is 0 Å². The van der Waals surface area contributed by atoms with Gasteiger partial charge in [-0.25, -0.2) is 14.6 Å². The van der Waals surface area contributed by atoms with Crippen molar-refractivity contribution < 1.29 is 19.8 Å². The first-order chi connectivity index (χ1) is 9.08. The lowest BCUT2D eigenvalue weighted by Crippen LogP contribution is -2.46. The molecule has 0 radical (unpaired) electrons. The smallest absolute Gasteiger partial charge is 0.326 e. The van der Waals surface area contributed by atoms with Gasteiger partial charge in [0.25, 0.3) is 0 Å². The van der Waals surface area contributed by atoms with E-state index in [2.05, 4.69) is 10.3 Å². The zero-order valence-electron chi connectivity index (χ0n) is 10.2. The lowest BCUT2D eigenvalue weighted by molar-refractivity contribution is -0.141. The molecule has 19 heavy (non-hydrogen) atoms. The van der Waals surface area contributed by atoms with Crippen LogP contribution in [0.25, 0.3) is 0 Å². The van der Waals surface area contributed by atoms with Crippen molar-refractivity contribution in [3.8, 4) is 0 Å². The molecule has 1 aliphatic heterocycles. The second-order valence-electron chi connectivity index (χ2n) is 4.30. The van der Waals surface area contributed by atoms with E-state index in [-0.39, 0.29) is 13.0 Å². The molecule has 104 valence electrons. The number of likely N-dealkylation sites (tertiary alicyclic amines) is 1. The SMILES string of the molecule is O=C(O)C1CC(O)CN1C(=O)NCCc1nccs1. The lowest BCUT2D eigenvalue weighted by Gasteiger charge is -2.21. The van der Waals surface area contributed by atoms with Crippen LogP contribution < -0.4 is 5.32 Å². The molecule has 1 aromatic rings. The number of nitrogens with zero attached hydrogens (tertiary/aromatic N) is 2. The standard InChI is InChI=1S/C11H15N3O4S/c15-7-5-8(10(16)17)14(6-7)11(18)13-2-1-9-12-3-4-19-9/h3-4,7-8,15H,1-2,5-6H2,(H,13,18)(H,16,17). The molecule has 1 saturated heterocycles. The summed E-state index contributed by atoms with van der Waals surface area (Å²) in [6.07, 6.45) is 1.61. The van der Waals surface area contributed by atoms with Gasteiger partial charge >= 0.3 is 12.0 Å². The van der Waals surface area contributed by atoms with E-state index >= 15 is 0 Å². The number of carboxylic acid groups (broad SMARTS) is 1. The molecule has 2 amide bonds. The Labute approximate surface area is 113 Å². The number of thiazole rings is 1. The fourth-order valence-electron chi connectivity index (χ4n) is 2.03. The molecule has 1 fully saturated rings. The summed E-state index contributed by atoms with van der Waals surface area (Å²) in [6.45, 7) is 0.450. The fourth-order valence-corrected chi connectivity index (χ4v) is 2.65. The number of amides is 2. The molecule has 0 aromatic carbocycles. The summed E-state index contributed by atoms with van der Waals surface area (Å²) in [5, 5.41) is 23.9. The summed E-state index contributed by atoms with van der Waals surface area (Å²) >= 11 is 1.50. The molecule has 0 saturated carbocycles. The number of hydrogen-bond acceptors (Lipinski definition) is 5. The Morgan fingerprint density at radius 2 is 2.37 bits per heavy atom. The van der Waals surface area contributed by atoms with E-state index in [0.717, 1.165) is 9.91 Å². The number of rotatable bonds is 4. The van der Waals surface area contributed by atoms with Crippen molar-refractivity contribution in [2.75, 3.05) is 13.1 Å². The Morgan fingerprint density at radius 1 is 1.58 bits per heavy atom. The van der Waals surface area contributed by atoms with E-state index in [1.165, 1.54) is 11.3 Å². The van der Waals surface area contributed by atoms with Crippen LogP contribution in [0.1, 0.15) is 11.4 Å². The van der Waals surface area contributed by atoms with Gasteiger partial charge in [-0.1, -0.05) is 0 Å². The molecule has 2 heterocycles. The van der Waals surface area contributed by atoms with E-state index < -0.39 is 24.1 Å². The minimum Gasteiger partial charge on any atom is -0.480 e. The maximum absolute atomic E-state index is 11.9. The Kier molecular flexibility index (Phi) is 4.33. The zero-order chi connectivity index (χ0) is 13.8. The lowest BCUT2D eigenvalue weighted by atomic mass is 10.2. The second-order valence-corrected chi connectivity index (χ2v) is 5.28. The molecular formula is C11H15N3O4S. The summed E-state index contributed by atoms with van der Waals surface area (Å²) in [6, 6.07) is -1.41. The number of aromatic nitrogens is 1. The van der Waals surface area contributed by atoms with Crippen molar-refractivity contribution in [3.63, 3.8) is 0 Å². The third-order valence-electron chi connectivity index (χ3n) is 2.92. The van der Waals surface area contributed by atoms with Crippen LogP contribution in [0.3, 0.4) is 0 Å². The Morgan fingerprint density at radius 3 is 3.00 bits per heavy atom. The van der Waals surface area contributed by atoms with Crippen molar-refractivity contribution in [3.05, 3.63) is 16.6 Å². The number of hydrogen-bond donors (Lipinski definition) is 3. The first kappa shape index (κ1) is 13.8. The summed E-state index contributed by atoms with van der Waals surface area (Å²) in [7, 11) is 0. The van der Waals surface area contributed by atoms with Gasteiger partial charge < -0.3 is 20.4 Å². The van der Waals surface area contributed by atoms with Crippen LogP contribution in [-0.4, -0.2) is 57.3 Å². The minimum atomic E-state index is -1.09. The number of carbonyl (C=O) groups excluding carboxylic acids is 1. The molecule has 1 aliphatic rings. The summed E-state index contributed by atoms with van der Waals surface area (Å²) in [5.74, 6) is -1.09. The molecule has 1 aromatic heterocycles. The van der Waals surface area contributed by atoms with Gasteiger partial charge in [-0.05, 0) is 0 Å². The highest BCUT2D eigenvalue weighted by molar-refractivity contribution is 7.09. The number of carboxylic acids is 1. The third kappa shape index (κ3) is 3.42. The van der Waals surface area contributed by atoms with E-state index in [1.807, 2.05) is 5.38 Å². The number of nitrogens with one attached hydrogen (secondary N) is 1. The molecule has 3 N–H and O–H groups in total. The molecule has 0 aliphatic carbocycles. The van der Waals surface area contributed by atoms with Crippen molar-refractivity contribution in [2.45, 2.75) is 25.0 Å². The van der Waals surface area contributed by atoms with Gasteiger partial charge in [0, 0.05) is 37.5 Å². The van der Waals surface area contributed by atoms with E-state index in [9.17, 15) is 14.7 Å². The van der Waals surface area contributed by atoms with E-state index in [0.29, 0.717) is 13.0 Å². The predicted octanol–water partition coefficient (Wildman–Crippen LogP) is -0.0850.